The van der Waals surface area contributed by atoms with Crippen molar-refractivity contribution in [1.29, 1.82) is 0 Å². The third-order valence-corrected chi connectivity index (χ3v) is 6.31. The number of carbonyl (C=O) groups excluding carboxylic acids is 2. The van der Waals surface area contributed by atoms with Gasteiger partial charge in [0.25, 0.3) is 0 Å². The van der Waals surface area contributed by atoms with Crippen LogP contribution in [0.2, 0.25) is 0 Å². The van der Waals surface area contributed by atoms with Gasteiger partial charge in [-0.05, 0) is 36.2 Å². The normalized spacial score (nSPS) is 18.9. The van der Waals surface area contributed by atoms with Crippen molar-refractivity contribution >= 4 is 34.5 Å². The Kier molecular flexibility index (Phi) is 5.01. The van der Waals surface area contributed by atoms with E-state index in [1.165, 1.54) is 10.4 Å². The number of hydrogen-bond acceptors (Lipinski definition) is 5. The minimum absolute atomic E-state index is 0.0328. The molecule has 24 heavy (non-hydrogen) atoms. The highest BCUT2D eigenvalue weighted by Crippen LogP contribution is 2.27. The highest BCUT2D eigenvalue weighted by atomic mass is 32.1. The fraction of sp³-hybridized carbons (Fsp3) is 0.471. The molecule has 0 bridgehead atoms. The smallest absolute Gasteiger partial charge is 0.225 e. The number of hydrogen-bond donors (Lipinski definition) is 1. The molecule has 1 aliphatic rings. The number of amides is 2. The zero-order valence-electron chi connectivity index (χ0n) is 14.0. The van der Waals surface area contributed by atoms with E-state index in [0.717, 1.165) is 17.1 Å². The first-order valence-corrected chi connectivity index (χ1v) is 9.69. The molecule has 0 unspecified atom stereocenters. The van der Waals surface area contributed by atoms with E-state index < -0.39 is 0 Å². The summed E-state index contributed by atoms with van der Waals surface area (Å²) >= 11 is 3.28. The van der Waals surface area contributed by atoms with Crippen LogP contribution in [0.5, 0.6) is 0 Å². The summed E-state index contributed by atoms with van der Waals surface area (Å²) < 4.78 is 0. The minimum Gasteiger partial charge on any atom is -0.346 e. The van der Waals surface area contributed by atoms with Crippen molar-refractivity contribution in [2.45, 2.75) is 32.7 Å². The number of likely N-dealkylation sites (tertiary alicyclic amines) is 1. The summed E-state index contributed by atoms with van der Waals surface area (Å²) in [7, 11) is 1.74. The minimum atomic E-state index is -0.269. The topological polar surface area (TPSA) is 62.3 Å². The van der Waals surface area contributed by atoms with Gasteiger partial charge in [0.2, 0.25) is 11.8 Å². The first kappa shape index (κ1) is 17.1. The van der Waals surface area contributed by atoms with Crippen LogP contribution in [-0.2, 0) is 16.0 Å². The second-order valence-electron chi connectivity index (χ2n) is 6.27. The SMILES string of the molecule is Cc1nc([C@@H](Cc2ccsc2)NC(=O)[C@@H]2CC(=O)N(C)C2)sc1C. The molecule has 3 heterocycles. The molecule has 0 aliphatic carbocycles. The summed E-state index contributed by atoms with van der Waals surface area (Å²) in [4.78, 5) is 31.7. The van der Waals surface area contributed by atoms with Gasteiger partial charge in [0.05, 0.1) is 17.7 Å². The Morgan fingerprint density at radius 3 is 2.83 bits per heavy atom. The van der Waals surface area contributed by atoms with Gasteiger partial charge < -0.3 is 10.2 Å². The van der Waals surface area contributed by atoms with E-state index in [-0.39, 0.29) is 23.8 Å². The summed E-state index contributed by atoms with van der Waals surface area (Å²) in [6, 6.07) is 1.93. The number of nitrogens with zero attached hydrogens (tertiary/aromatic N) is 2. The lowest BCUT2D eigenvalue weighted by molar-refractivity contribution is -0.128. The summed E-state index contributed by atoms with van der Waals surface area (Å²) in [5.41, 5.74) is 2.20. The number of thiophene rings is 1. The van der Waals surface area contributed by atoms with Crippen molar-refractivity contribution in [3.05, 3.63) is 38.0 Å². The first-order valence-electron chi connectivity index (χ1n) is 7.93. The average molecular weight is 364 g/mol. The number of carbonyl (C=O) groups is 2. The van der Waals surface area contributed by atoms with E-state index in [9.17, 15) is 9.59 Å². The molecule has 2 atom stereocenters. The Bertz CT molecular complexity index is 720. The fourth-order valence-electron chi connectivity index (χ4n) is 2.82. The predicted octanol–water partition coefficient (Wildman–Crippen LogP) is 2.70. The molecule has 5 nitrogen and oxygen atoms in total. The third-order valence-electron chi connectivity index (χ3n) is 4.39. The molecule has 2 aromatic rings. The van der Waals surface area contributed by atoms with E-state index >= 15 is 0 Å². The van der Waals surface area contributed by atoms with Crippen LogP contribution >= 0.6 is 22.7 Å². The number of aromatic nitrogens is 1. The molecule has 0 radical (unpaired) electrons. The van der Waals surface area contributed by atoms with E-state index in [4.69, 9.17) is 0 Å². The maximum Gasteiger partial charge on any atom is 0.225 e. The Labute approximate surface area is 149 Å². The lowest BCUT2D eigenvalue weighted by Crippen LogP contribution is -2.36. The van der Waals surface area contributed by atoms with Crippen molar-refractivity contribution in [3.63, 3.8) is 0 Å². The van der Waals surface area contributed by atoms with Crippen LogP contribution in [0.15, 0.2) is 16.8 Å². The van der Waals surface area contributed by atoms with Crippen LogP contribution in [-0.4, -0.2) is 35.3 Å². The van der Waals surface area contributed by atoms with Gasteiger partial charge in [0.15, 0.2) is 0 Å². The van der Waals surface area contributed by atoms with Gasteiger partial charge in [0.1, 0.15) is 5.01 Å². The van der Waals surface area contributed by atoms with E-state index in [1.54, 1.807) is 34.6 Å². The standard InChI is InChI=1S/C17H21N3O2S2/c1-10-11(2)24-17(18-10)14(6-12-4-5-23-9-12)19-16(22)13-7-15(21)20(3)8-13/h4-5,9,13-14H,6-8H2,1-3H3,(H,19,22)/t13-,14-/m1/s1. The van der Waals surface area contributed by atoms with Gasteiger partial charge in [-0.1, -0.05) is 0 Å². The molecule has 7 heteroatoms. The summed E-state index contributed by atoms with van der Waals surface area (Å²) in [6.45, 7) is 4.53. The van der Waals surface area contributed by atoms with Crippen LogP contribution in [0, 0.1) is 19.8 Å². The Balaban J connectivity index is 1.77. The third kappa shape index (κ3) is 3.67. The second kappa shape index (κ2) is 7.03. The van der Waals surface area contributed by atoms with Crippen molar-refractivity contribution in [3.8, 4) is 0 Å². The van der Waals surface area contributed by atoms with Gasteiger partial charge in [-0.2, -0.15) is 11.3 Å². The number of thiazole rings is 1. The molecule has 2 aromatic heterocycles. The number of rotatable bonds is 5. The highest BCUT2D eigenvalue weighted by molar-refractivity contribution is 7.11. The lowest BCUT2D eigenvalue weighted by Gasteiger charge is -2.18. The average Bonchev–Trinajstić information content (AvgIpc) is 3.23. The van der Waals surface area contributed by atoms with Crippen molar-refractivity contribution in [1.82, 2.24) is 15.2 Å². The van der Waals surface area contributed by atoms with E-state index in [1.807, 2.05) is 19.2 Å². The van der Waals surface area contributed by atoms with E-state index in [2.05, 4.69) is 21.7 Å². The summed E-state index contributed by atoms with van der Waals surface area (Å²) in [6.07, 6.45) is 1.02. The zero-order valence-corrected chi connectivity index (χ0v) is 15.7. The summed E-state index contributed by atoms with van der Waals surface area (Å²) in [5.74, 6) is -0.293. The zero-order chi connectivity index (χ0) is 17.3. The molecule has 1 fully saturated rings. The van der Waals surface area contributed by atoms with Crippen LogP contribution < -0.4 is 5.32 Å². The van der Waals surface area contributed by atoms with Crippen LogP contribution in [0.4, 0.5) is 0 Å². The van der Waals surface area contributed by atoms with Crippen LogP contribution in [0.1, 0.15) is 33.6 Å². The van der Waals surface area contributed by atoms with Gasteiger partial charge >= 0.3 is 0 Å². The molecule has 1 saturated heterocycles. The lowest BCUT2D eigenvalue weighted by atomic mass is 10.1. The number of aryl methyl sites for hydroxylation is 2. The monoisotopic (exact) mass is 363 g/mol. The predicted molar refractivity (Wildman–Crippen MR) is 96.2 cm³/mol. The maximum atomic E-state index is 12.6. The van der Waals surface area contributed by atoms with Crippen molar-refractivity contribution < 1.29 is 9.59 Å². The molecule has 3 rings (SSSR count). The molecular weight excluding hydrogens is 342 g/mol. The molecular formula is C17H21N3O2S2. The Morgan fingerprint density at radius 2 is 2.29 bits per heavy atom. The second-order valence-corrected chi connectivity index (χ2v) is 8.28. The molecule has 1 aliphatic heterocycles. The fourth-order valence-corrected chi connectivity index (χ4v) is 4.48. The van der Waals surface area contributed by atoms with Gasteiger partial charge in [-0.15, -0.1) is 11.3 Å². The first-order chi connectivity index (χ1) is 11.4. The molecule has 0 saturated carbocycles. The summed E-state index contributed by atoms with van der Waals surface area (Å²) in [5, 5.41) is 8.20. The Morgan fingerprint density at radius 1 is 1.50 bits per heavy atom. The van der Waals surface area contributed by atoms with E-state index in [0.29, 0.717) is 13.0 Å². The molecule has 1 N–H and O–H groups in total. The largest absolute Gasteiger partial charge is 0.346 e. The van der Waals surface area contributed by atoms with Crippen molar-refractivity contribution in [2.75, 3.05) is 13.6 Å². The number of nitrogens with one attached hydrogen (secondary N) is 1. The van der Waals surface area contributed by atoms with Crippen LogP contribution in [0.25, 0.3) is 0 Å². The molecule has 128 valence electrons. The maximum absolute atomic E-state index is 12.6. The quantitative estimate of drug-likeness (QED) is 0.888. The highest BCUT2D eigenvalue weighted by Gasteiger charge is 2.33. The van der Waals surface area contributed by atoms with Crippen LogP contribution in [0.3, 0.4) is 0 Å². The van der Waals surface area contributed by atoms with Gasteiger partial charge in [0, 0.05) is 31.3 Å². The van der Waals surface area contributed by atoms with Gasteiger partial charge in [-0.25, -0.2) is 4.98 Å². The molecule has 0 spiro atoms. The van der Waals surface area contributed by atoms with Gasteiger partial charge in [-0.3, -0.25) is 9.59 Å². The molecule has 2 amide bonds. The van der Waals surface area contributed by atoms with Crippen molar-refractivity contribution in [2.24, 2.45) is 5.92 Å². The molecule has 0 aromatic carbocycles. The Hall–Kier alpha value is -1.73.